The van der Waals surface area contributed by atoms with E-state index >= 15 is 0 Å². The Labute approximate surface area is 126 Å². The zero-order valence-electron chi connectivity index (χ0n) is 10.9. The van der Waals surface area contributed by atoms with Crippen LogP contribution in [0.4, 0.5) is 23.7 Å². The molecule has 1 aromatic carbocycles. The first-order valence-electron chi connectivity index (χ1n) is 5.69. The third-order valence-electron chi connectivity index (χ3n) is 2.41. The van der Waals surface area contributed by atoms with Crippen LogP contribution in [0.2, 0.25) is 0 Å². The number of nitrogens with one attached hydrogen (secondary N) is 1. The molecule has 9 heteroatoms. The van der Waals surface area contributed by atoms with Crippen molar-refractivity contribution >= 4 is 33.6 Å². The predicted octanol–water partition coefficient (Wildman–Crippen LogP) is 3.24. The number of carbonyl (C=O) groups excluding carboxylic acids is 1. The van der Waals surface area contributed by atoms with Crippen LogP contribution in [0, 0.1) is 6.92 Å². The van der Waals surface area contributed by atoms with Gasteiger partial charge in [0.25, 0.3) is 0 Å². The van der Waals surface area contributed by atoms with Gasteiger partial charge in [0.2, 0.25) is 0 Å². The fourth-order valence-corrected chi connectivity index (χ4v) is 1.83. The zero-order chi connectivity index (χ0) is 16.2. The molecule has 0 radical (unpaired) electrons. The molecule has 1 aromatic rings. The standard InChI is InChI=1S/C12H12BrF3N2O3/c1-7-2-3-8(4-9(7)13)17-11(21)18(5-10(19)20)6-12(14,15)16/h2-4H,5-6H2,1H3,(H,17,21)(H,19,20). The summed E-state index contributed by atoms with van der Waals surface area (Å²) in [5.41, 5.74) is 1.14. The van der Waals surface area contributed by atoms with Crippen LogP contribution >= 0.6 is 15.9 Å². The van der Waals surface area contributed by atoms with Gasteiger partial charge in [-0.05, 0) is 24.6 Å². The summed E-state index contributed by atoms with van der Waals surface area (Å²) in [4.78, 5) is 22.5. The number of alkyl halides is 3. The van der Waals surface area contributed by atoms with Gasteiger partial charge >= 0.3 is 18.2 Å². The van der Waals surface area contributed by atoms with E-state index < -0.39 is 31.3 Å². The maximum Gasteiger partial charge on any atom is 0.406 e. The van der Waals surface area contributed by atoms with Gasteiger partial charge in [0, 0.05) is 10.2 Å². The van der Waals surface area contributed by atoms with E-state index in [9.17, 15) is 22.8 Å². The van der Waals surface area contributed by atoms with Gasteiger partial charge in [0.1, 0.15) is 13.1 Å². The van der Waals surface area contributed by atoms with Crippen molar-refractivity contribution in [2.75, 3.05) is 18.4 Å². The highest BCUT2D eigenvalue weighted by atomic mass is 79.9. The van der Waals surface area contributed by atoms with Gasteiger partial charge in [0.15, 0.2) is 0 Å². The normalized spacial score (nSPS) is 11.1. The van der Waals surface area contributed by atoms with Crippen molar-refractivity contribution in [2.45, 2.75) is 13.1 Å². The van der Waals surface area contributed by atoms with Crippen LogP contribution in [-0.4, -0.2) is 41.3 Å². The maximum absolute atomic E-state index is 12.4. The van der Waals surface area contributed by atoms with Crippen LogP contribution < -0.4 is 5.32 Å². The molecule has 2 N–H and O–H groups in total. The van der Waals surface area contributed by atoms with E-state index in [1.54, 1.807) is 13.0 Å². The van der Waals surface area contributed by atoms with Gasteiger partial charge in [-0.2, -0.15) is 13.2 Å². The molecule has 21 heavy (non-hydrogen) atoms. The average Bonchev–Trinajstić information content (AvgIpc) is 2.30. The molecule has 0 saturated carbocycles. The highest BCUT2D eigenvalue weighted by Crippen LogP contribution is 2.22. The third kappa shape index (κ3) is 6.03. The Morgan fingerprint density at radius 2 is 2.00 bits per heavy atom. The minimum Gasteiger partial charge on any atom is -0.480 e. The summed E-state index contributed by atoms with van der Waals surface area (Å²) in [5.74, 6) is -1.53. The first-order chi connectivity index (χ1) is 9.58. The highest BCUT2D eigenvalue weighted by molar-refractivity contribution is 9.10. The van der Waals surface area contributed by atoms with Gasteiger partial charge in [0.05, 0.1) is 0 Å². The van der Waals surface area contributed by atoms with E-state index in [0.29, 0.717) is 4.47 Å². The zero-order valence-corrected chi connectivity index (χ0v) is 12.5. The van der Waals surface area contributed by atoms with Gasteiger partial charge < -0.3 is 15.3 Å². The van der Waals surface area contributed by atoms with Gasteiger partial charge in [-0.25, -0.2) is 4.79 Å². The number of urea groups is 1. The lowest BCUT2D eigenvalue weighted by Gasteiger charge is -2.22. The van der Waals surface area contributed by atoms with E-state index in [1.165, 1.54) is 12.1 Å². The second-order valence-corrected chi connectivity index (χ2v) is 5.11. The lowest BCUT2D eigenvalue weighted by atomic mass is 10.2. The van der Waals surface area contributed by atoms with Crippen molar-refractivity contribution in [3.63, 3.8) is 0 Å². The van der Waals surface area contributed by atoms with E-state index in [0.717, 1.165) is 5.56 Å². The molecule has 0 atom stereocenters. The fourth-order valence-electron chi connectivity index (χ4n) is 1.45. The summed E-state index contributed by atoms with van der Waals surface area (Å²) >= 11 is 3.22. The van der Waals surface area contributed by atoms with Crippen molar-refractivity contribution < 1.29 is 27.9 Å². The second-order valence-electron chi connectivity index (χ2n) is 4.26. The highest BCUT2D eigenvalue weighted by Gasteiger charge is 2.34. The van der Waals surface area contributed by atoms with Crippen molar-refractivity contribution in [1.29, 1.82) is 0 Å². The summed E-state index contributed by atoms with van der Waals surface area (Å²) in [5, 5.41) is 10.8. The number of nitrogens with zero attached hydrogens (tertiary/aromatic N) is 1. The molecular weight excluding hydrogens is 357 g/mol. The largest absolute Gasteiger partial charge is 0.480 e. The summed E-state index contributed by atoms with van der Waals surface area (Å²) < 4.78 is 37.7. The molecular formula is C12H12BrF3N2O3. The van der Waals surface area contributed by atoms with Gasteiger partial charge in [-0.1, -0.05) is 22.0 Å². The Bertz CT molecular complexity index is 549. The third-order valence-corrected chi connectivity index (χ3v) is 3.26. The number of carboxylic acids is 1. The second kappa shape index (κ2) is 6.79. The quantitative estimate of drug-likeness (QED) is 0.856. The summed E-state index contributed by atoms with van der Waals surface area (Å²) in [6, 6.07) is 3.54. The molecule has 1 rings (SSSR count). The Balaban J connectivity index is 2.84. The topological polar surface area (TPSA) is 69.6 Å². The molecule has 0 aliphatic heterocycles. The number of benzene rings is 1. The number of aliphatic carboxylic acids is 1. The Morgan fingerprint density at radius 1 is 1.38 bits per heavy atom. The number of halogens is 4. The lowest BCUT2D eigenvalue weighted by molar-refractivity contribution is -0.148. The molecule has 0 bridgehead atoms. The molecule has 0 aliphatic rings. The molecule has 2 amide bonds. The minimum atomic E-state index is -4.68. The van der Waals surface area contributed by atoms with Crippen LogP contribution in [0.25, 0.3) is 0 Å². The minimum absolute atomic E-state index is 0.177. The van der Waals surface area contributed by atoms with Crippen LogP contribution in [0.1, 0.15) is 5.56 Å². The number of anilines is 1. The number of hydrogen-bond acceptors (Lipinski definition) is 2. The van der Waals surface area contributed by atoms with Crippen molar-refractivity contribution in [1.82, 2.24) is 4.90 Å². The SMILES string of the molecule is Cc1ccc(NC(=O)N(CC(=O)O)CC(F)(F)F)cc1Br. The van der Waals surface area contributed by atoms with Crippen LogP contribution in [-0.2, 0) is 4.79 Å². The average molecular weight is 369 g/mol. The molecule has 0 spiro atoms. The van der Waals surface area contributed by atoms with Gasteiger partial charge in [-0.15, -0.1) is 0 Å². The predicted molar refractivity (Wildman–Crippen MR) is 73.2 cm³/mol. The number of hydrogen-bond donors (Lipinski definition) is 2. The van der Waals surface area contributed by atoms with Crippen molar-refractivity contribution in [3.05, 3.63) is 28.2 Å². The van der Waals surface area contributed by atoms with Crippen LogP contribution in [0.5, 0.6) is 0 Å². The first-order valence-corrected chi connectivity index (χ1v) is 6.48. The molecule has 0 aromatic heterocycles. The molecule has 0 heterocycles. The Morgan fingerprint density at radius 3 is 2.48 bits per heavy atom. The van der Waals surface area contributed by atoms with Crippen molar-refractivity contribution in [2.24, 2.45) is 0 Å². The lowest BCUT2D eigenvalue weighted by Crippen LogP contribution is -2.44. The fraction of sp³-hybridized carbons (Fsp3) is 0.333. The molecule has 0 saturated heterocycles. The molecule has 116 valence electrons. The molecule has 0 unspecified atom stereocenters. The Kier molecular flexibility index (Phi) is 5.59. The smallest absolute Gasteiger partial charge is 0.406 e. The Hall–Kier alpha value is -1.77. The number of amides is 2. The van der Waals surface area contributed by atoms with E-state index in [1.807, 2.05) is 0 Å². The van der Waals surface area contributed by atoms with Crippen LogP contribution in [0.15, 0.2) is 22.7 Å². The molecule has 0 fully saturated rings. The summed E-state index contributed by atoms with van der Waals surface area (Å²) in [6.07, 6.45) is -4.68. The first kappa shape index (κ1) is 17.3. The summed E-state index contributed by atoms with van der Waals surface area (Å²) in [7, 11) is 0. The van der Waals surface area contributed by atoms with E-state index in [-0.39, 0.29) is 10.6 Å². The number of rotatable bonds is 4. The molecule has 5 nitrogen and oxygen atoms in total. The number of aryl methyl sites for hydroxylation is 1. The van der Waals surface area contributed by atoms with Crippen molar-refractivity contribution in [3.8, 4) is 0 Å². The maximum atomic E-state index is 12.4. The monoisotopic (exact) mass is 368 g/mol. The summed E-state index contributed by atoms with van der Waals surface area (Å²) in [6.45, 7) is -0.882. The van der Waals surface area contributed by atoms with E-state index in [2.05, 4.69) is 21.2 Å². The number of carbonyl (C=O) groups is 2. The number of carboxylic acid groups (broad SMARTS) is 1. The van der Waals surface area contributed by atoms with Crippen LogP contribution in [0.3, 0.4) is 0 Å². The van der Waals surface area contributed by atoms with E-state index in [4.69, 9.17) is 5.11 Å². The van der Waals surface area contributed by atoms with Gasteiger partial charge in [-0.3, -0.25) is 4.79 Å². The molecule has 0 aliphatic carbocycles.